The van der Waals surface area contributed by atoms with Crippen LogP contribution in [0, 0.1) is 0 Å². The fraction of sp³-hybridized carbons (Fsp3) is 0.200. The zero-order valence-corrected chi connectivity index (χ0v) is 12.2. The molecular formula is C15H16N2O3S. The van der Waals surface area contributed by atoms with Gasteiger partial charge in [-0.15, -0.1) is 11.3 Å². The second-order valence-electron chi connectivity index (χ2n) is 4.18. The van der Waals surface area contributed by atoms with E-state index >= 15 is 0 Å². The molecule has 1 aromatic carbocycles. The van der Waals surface area contributed by atoms with Crippen molar-refractivity contribution in [1.29, 1.82) is 0 Å². The molecule has 0 aliphatic carbocycles. The molecule has 0 radical (unpaired) electrons. The monoisotopic (exact) mass is 304 g/mol. The lowest BCUT2D eigenvalue weighted by Gasteiger charge is -2.08. The minimum atomic E-state index is -0.218. The Morgan fingerprint density at radius 2 is 1.76 bits per heavy atom. The molecule has 2 amide bonds. The Hall–Kier alpha value is -2.34. The molecule has 6 heteroatoms. The molecule has 0 atom stereocenters. The molecule has 0 saturated carbocycles. The van der Waals surface area contributed by atoms with Gasteiger partial charge in [-0.1, -0.05) is 24.3 Å². The standard InChI is InChI=1S/C15H16N2O3S/c18-14(11-20-12-5-2-1-3-6-12)16-8-9-17-15(19)13-7-4-10-21-13/h1-7,10H,8-9,11H2,(H,16,18)(H,17,19). The third kappa shape index (κ3) is 5.27. The fourth-order valence-corrected chi connectivity index (χ4v) is 2.23. The summed E-state index contributed by atoms with van der Waals surface area (Å²) in [5.41, 5.74) is 0. The van der Waals surface area contributed by atoms with Crippen LogP contribution in [0.3, 0.4) is 0 Å². The summed E-state index contributed by atoms with van der Waals surface area (Å²) in [6.07, 6.45) is 0. The molecule has 5 nitrogen and oxygen atoms in total. The van der Waals surface area contributed by atoms with Gasteiger partial charge in [0.05, 0.1) is 4.88 Å². The Balaban J connectivity index is 1.58. The molecular weight excluding hydrogens is 288 g/mol. The molecule has 110 valence electrons. The van der Waals surface area contributed by atoms with Gasteiger partial charge in [-0.2, -0.15) is 0 Å². The number of ether oxygens (including phenoxy) is 1. The van der Waals surface area contributed by atoms with Crippen molar-refractivity contribution in [3.05, 3.63) is 52.7 Å². The SMILES string of the molecule is O=C(COc1ccccc1)NCCNC(=O)c1cccs1. The third-order valence-electron chi connectivity index (χ3n) is 2.59. The van der Waals surface area contributed by atoms with Crippen LogP contribution in [-0.4, -0.2) is 31.5 Å². The van der Waals surface area contributed by atoms with E-state index in [1.54, 1.807) is 18.2 Å². The smallest absolute Gasteiger partial charge is 0.261 e. The van der Waals surface area contributed by atoms with Gasteiger partial charge in [0.2, 0.25) is 0 Å². The summed E-state index contributed by atoms with van der Waals surface area (Å²) in [4.78, 5) is 23.8. The first kappa shape index (κ1) is 15.1. The topological polar surface area (TPSA) is 67.4 Å². The Morgan fingerprint density at radius 1 is 1.00 bits per heavy atom. The number of para-hydroxylation sites is 1. The molecule has 1 aromatic heterocycles. The lowest BCUT2D eigenvalue weighted by atomic mass is 10.3. The van der Waals surface area contributed by atoms with Gasteiger partial charge in [-0.25, -0.2) is 0 Å². The zero-order chi connectivity index (χ0) is 14.9. The first-order chi connectivity index (χ1) is 10.3. The molecule has 0 fully saturated rings. The van der Waals surface area contributed by atoms with E-state index in [0.717, 1.165) is 0 Å². The lowest BCUT2D eigenvalue weighted by molar-refractivity contribution is -0.123. The summed E-state index contributed by atoms with van der Waals surface area (Å²) in [7, 11) is 0. The molecule has 2 aromatic rings. The van der Waals surface area contributed by atoms with Crippen molar-refractivity contribution in [2.24, 2.45) is 0 Å². The van der Waals surface area contributed by atoms with Gasteiger partial charge in [0, 0.05) is 13.1 Å². The van der Waals surface area contributed by atoms with Gasteiger partial charge in [0.1, 0.15) is 5.75 Å². The Labute approximate surface area is 126 Å². The average molecular weight is 304 g/mol. The maximum atomic E-state index is 11.6. The largest absolute Gasteiger partial charge is 0.484 e. The molecule has 0 saturated heterocycles. The minimum absolute atomic E-state index is 0.0388. The van der Waals surface area contributed by atoms with E-state index < -0.39 is 0 Å². The Bertz CT molecular complexity index is 570. The van der Waals surface area contributed by atoms with E-state index in [9.17, 15) is 9.59 Å². The van der Waals surface area contributed by atoms with Gasteiger partial charge in [-0.3, -0.25) is 9.59 Å². The van der Waals surface area contributed by atoms with Crippen LogP contribution in [0.5, 0.6) is 5.75 Å². The van der Waals surface area contributed by atoms with Gasteiger partial charge in [0.15, 0.2) is 6.61 Å². The molecule has 2 rings (SSSR count). The maximum Gasteiger partial charge on any atom is 0.261 e. The first-order valence-electron chi connectivity index (χ1n) is 6.52. The van der Waals surface area contributed by atoms with Crippen LogP contribution >= 0.6 is 11.3 Å². The van der Waals surface area contributed by atoms with E-state index in [1.807, 2.05) is 29.6 Å². The number of carbonyl (C=O) groups is 2. The zero-order valence-electron chi connectivity index (χ0n) is 11.4. The molecule has 2 N–H and O–H groups in total. The van der Waals surface area contributed by atoms with E-state index in [-0.39, 0.29) is 18.4 Å². The summed E-state index contributed by atoms with van der Waals surface area (Å²) in [6.45, 7) is 0.713. The highest BCUT2D eigenvalue weighted by atomic mass is 32.1. The number of carbonyl (C=O) groups excluding carboxylic acids is 2. The summed E-state index contributed by atoms with van der Waals surface area (Å²) >= 11 is 1.38. The van der Waals surface area contributed by atoms with Gasteiger partial charge < -0.3 is 15.4 Å². The Kier molecular flexibility index (Phi) is 5.78. The highest BCUT2D eigenvalue weighted by Gasteiger charge is 2.06. The second-order valence-corrected chi connectivity index (χ2v) is 5.13. The van der Waals surface area contributed by atoms with Crippen molar-refractivity contribution in [2.75, 3.05) is 19.7 Å². The van der Waals surface area contributed by atoms with Crippen molar-refractivity contribution < 1.29 is 14.3 Å². The lowest BCUT2D eigenvalue weighted by Crippen LogP contribution is -2.36. The van der Waals surface area contributed by atoms with Gasteiger partial charge in [0.25, 0.3) is 11.8 Å². The molecule has 0 aliphatic heterocycles. The molecule has 0 aliphatic rings. The van der Waals surface area contributed by atoms with E-state index in [4.69, 9.17) is 4.74 Å². The summed E-state index contributed by atoms with van der Waals surface area (Å²) in [5.74, 6) is 0.308. The van der Waals surface area contributed by atoms with Crippen molar-refractivity contribution in [2.45, 2.75) is 0 Å². The predicted octanol–water partition coefficient (Wildman–Crippen LogP) is 1.67. The number of hydrogen-bond acceptors (Lipinski definition) is 4. The van der Waals surface area contributed by atoms with Crippen molar-refractivity contribution >= 4 is 23.2 Å². The normalized spacial score (nSPS) is 9.90. The van der Waals surface area contributed by atoms with Crippen LogP contribution in [0.4, 0.5) is 0 Å². The van der Waals surface area contributed by atoms with E-state index in [2.05, 4.69) is 10.6 Å². The van der Waals surface area contributed by atoms with Crippen molar-refractivity contribution in [3.8, 4) is 5.75 Å². The number of benzene rings is 1. The number of rotatable bonds is 7. The van der Waals surface area contributed by atoms with E-state index in [1.165, 1.54) is 11.3 Å². The molecule has 1 heterocycles. The molecule has 0 spiro atoms. The summed E-state index contributed by atoms with van der Waals surface area (Å²) in [5, 5.41) is 7.25. The van der Waals surface area contributed by atoms with Crippen LogP contribution in [0.15, 0.2) is 47.8 Å². The van der Waals surface area contributed by atoms with Crippen molar-refractivity contribution in [3.63, 3.8) is 0 Å². The molecule has 0 unspecified atom stereocenters. The third-order valence-corrected chi connectivity index (χ3v) is 3.46. The predicted molar refractivity (Wildman–Crippen MR) is 81.6 cm³/mol. The number of thiophene rings is 1. The Morgan fingerprint density at radius 3 is 2.48 bits per heavy atom. The second kappa shape index (κ2) is 8.06. The summed E-state index contributed by atoms with van der Waals surface area (Å²) < 4.78 is 5.31. The van der Waals surface area contributed by atoms with Crippen LogP contribution in [0.2, 0.25) is 0 Å². The van der Waals surface area contributed by atoms with Crippen LogP contribution < -0.4 is 15.4 Å². The summed E-state index contributed by atoms with van der Waals surface area (Å²) in [6, 6.07) is 12.7. The first-order valence-corrected chi connectivity index (χ1v) is 7.40. The van der Waals surface area contributed by atoms with Crippen LogP contribution in [0.1, 0.15) is 9.67 Å². The quantitative estimate of drug-likeness (QED) is 0.765. The molecule has 21 heavy (non-hydrogen) atoms. The number of nitrogens with one attached hydrogen (secondary N) is 2. The number of hydrogen-bond donors (Lipinski definition) is 2. The van der Waals surface area contributed by atoms with Gasteiger partial charge in [-0.05, 0) is 23.6 Å². The van der Waals surface area contributed by atoms with Gasteiger partial charge >= 0.3 is 0 Å². The maximum absolute atomic E-state index is 11.6. The number of amides is 2. The fourth-order valence-electron chi connectivity index (χ4n) is 1.59. The molecule has 0 bridgehead atoms. The van der Waals surface area contributed by atoms with Crippen molar-refractivity contribution in [1.82, 2.24) is 10.6 Å². The van der Waals surface area contributed by atoms with E-state index in [0.29, 0.717) is 23.7 Å². The van der Waals surface area contributed by atoms with Crippen LogP contribution in [-0.2, 0) is 4.79 Å². The van der Waals surface area contributed by atoms with Crippen LogP contribution in [0.25, 0.3) is 0 Å². The average Bonchev–Trinajstić information content (AvgIpc) is 3.05. The minimum Gasteiger partial charge on any atom is -0.484 e. The highest BCUT2D eigenvalue weighted by Crippen LogP contribution is 2.08. The highest BCUT2D eigenvalue weighted by molar-refractivity contribution is 7.12.